The van der Waals surface area contributed by atoms with Crippen LogP contribution in [-0.4, -0.2) is 25.1 Å². The molecular formula is C14H16N2O3. The van der Waals surface area contributed by atoms with Crippen LogP contribution in [0, 0.1) is 0 Å². The van der Waals surface area contributed by atoms with Gasteiger partial charge in [0.15, 0.2) is 0 Å². The Labute approximate surface area is 111 Å². The first kappa shape index (κ1) is 13.1. The van der Waals surface area contributed by atoms with Crippen molar-refractivity contribution in [1.29, 1.82) is 0 Å². The first-order chi connectivity index (χ1) is 9.15. The molecule has 2 rings (SSSR count). The third kappa shape index (κ3) is 2.76. The molecule has 19 heavy (non-hydrogen) atoms. The number of carbonyl (C=O) groups is 1. The molecule has 0 bridgehead atoms. The predicted molar refractivity (Wildman–Crippen MR) is 72.4 cm³/mol. The molecule has 0 fully saturated rings. The topological polar surface area (TPSA) is 74.4 Å². The lowest BCUT2D eigenvalue weighted by Gasteiger charge is -2.11. The first-order valence-corrected chi connectivity index (χ1v) is 5.93. The molecule has 1 aromatic heterocycles. The van der Waals surface area contributed by atoms with Crippen molar-refractivity contribution in [3.63, 3.8) is 0 Å². The van der Waals surface area contributed by atoms with E-state index in [-0.39, 0.29) is 12.3 Å². The molecule has 1 aromatic carbocycles. The van der Waals surface area contributed by atoms with Crippen molar-refractivity contribution < 1.29 is 14.3 Å². The van der Waals surface area contributed by atoms with Crippen LogP contribution in [-0.2, 0) is 11.2 Å². The van der Waals surface area contributed by atoms with E-state index >= 15 is 0 Å². The monoisotopic (exact) mass is 260 g/mol. The van der Waals surface area contributed by atoms with Crippen molar-refractivity contribution in [3.8, 4) is 11.5 Å². The Morgan fingerprint density at radius 1 is 1.26 bits per heavy atom. The highest BCUT2D eigenvalue weighted by Crippen LogP contribution is 2.32. The van der Waals surface area contributed by atoms with Crippen LogP contribution in [0.4, 0.5) is 0 Å². The van der Waals surface area contributed by atoms with Crippen LogP contribution in [0.3, 0.4) is 0 Å². The third-order valence-electron chi connectivity index (χ3n) is 2.96. The maximum atomic E-state index is 10.9. The van der Waals surface area contributed by atoms with Crippen molar-refractivity contribution in [3.05, 3.63) is 30.1 Å². The molecule has 0 spiro atoms. The minimum Gasteiger partial charge on any atom is -0.497 e. The van der Waals surface area contributed by atoms with Crippen LogP contribution in [0.5, 0.6) is 11.5 Å². The highest BCUT2D eigenvalue weighted by molar-refractivity contribution is 5.91. The van der Waals surface area contributed by atoms with Gasteiger partial charge in [-0.15, -0.1) is 0 Å². The molecule has 0 aliphatic rings. The molecule has 5 nitrogen and oxygen atoms in total. The number of aryl methyl sites for hydroxylation is 1. The third-order valence-corrected chi connectivity index (χ3v) is 2.96. The molecule has 5 heteroatoms. The maximum Gasteiger partial charge on any atom is 0.217 e. The van der Waals surface area contributed by atoms with Gasteiger partial charge >= 0.3 is 0 Å². The minimum atomic E-state index is -0.339. The van der Waals surface area contributed by atoms with Crippen LogP contribution in [0.15, 0.2) is 24.4 Å². The standard InChI is InChI=1S/C14H16N2O3/c1-18-9-7-11-10(13(8-9)19-2)5-6-16-12(11)3-4-14(15)17/h5-8H,3-4H2,1-2H3,(H2,15,17). The Morgan fingerprint density at radius 3 is 2.68 bits per heavy atom. The Hall–Kier alpha value is -2.30. The minimum absolute atomic E-state index is 0.269. The Balaban J connectivity index is 2.55. The van der Waals surface area contributed by atoms with Gasteiger partial charge in [0.1, 0.15) is 11.5 Å². The molecule has 1 heterocycles. The van der Waals surface area contributed by atoms with E-state index in [4.69, 9.17) is 15.2 Å². The average Bonchev–Trinajstić information content (AvgIpc) is 2.43. The molecule has 2 aromatic rings. The van der Waals surface area contributed by atoms with Gasteiger partial charge in [0.25, 0.3) is 0 Å². The summed E-state index contributed by atoms with van der Waals surface area (Å²) in [6, 6.07) is 5.59. The van der Waals surface area contributed by atoms with Crippen molar-refractivity contribution in [2.45, 2.75) is 12.8 Å². The number of primary amides is 1. The molecular weight excluding hydrogens is 244 g/mol. The smallest absolute Gasteiger partial charge is 0.217 e. The molecule has 0 unspecified atom stereocenters. The van der Waals surface area contributed by atoms with E-state index in [1.54, 1.807) is 20.4 Å². The average molecular weight is 260 g/mol. The summed E-state index contributed by atoms with van der Waals surface area (Å²) in [6.45, 7) is 0. The summed E-state index contributed by atoms with van der Waals surface area (Å²) >= 11 is 0. The van der Waals surface area contributed by atoms with Gasteiger partial charge in [-0.1, -0.05) is 0 Å². The number of rotatable bonds is 5. The highest BCUT2D eigenvalue weighted by atomic mass is 16.5. The highest BCUT2D eigenvalue weighted by Gasteiger charge is 2.10. The van der Waals surface area contributed by atoms with E-state index in [1.165, 1.54) is 0 Å². The van der Waals surface area contributed by atoms with Gasteiger partial charge in [-0.05, 0) is 18.6 Å². The molecule has 0 atom stereocenters. The number of fused-ring (bicyclic) bond motifs is 1. The largest absolute Gasteiger partial charge is 0.497 e. The van der Waals surface area contributed by atoms with E-state index in [0.29, 0.717) is 12.2 Å². The predicted octanol–water partition coefficient (Wildman–Crippen LogP) is 1.67. The number of ether oxygens (including phenoxy) is 2. The Kier molecular flexibility index (Phi) is 3.85. The van der Waals surface area contributed by atoms with E-state index in [9.17, 15) is 4.79 Å². The number of aromatic nitrogens is 1. The number of methoxy groups -OCH3 is 2. The molecule has 1 amide bonds. The van der Waals surface area contributed by atoms with Gasteiger partial charge in [0, 0.05) is 35.2 Å². The van der Waals surface area contributed by atoms with Crippen molar-refractivity contribution in [2.75, 3.05) is 14.2 Å². The molecule has 0 radical (unpaired) electrons. The van der Waals surface area contributed by atoms with Crippen molar-refractivity contribution >= 4 is 16.7 Å². The zero-order valence-electron chi connectivity index (χ0n) is 11.0. The molecule has 0 saturated heterocycles. The summed E-state index contributed by atoms with van der Waals surface area (Å²) in [5, 5.41) is 1.86. The van der Waals surface area contributed by atoms with Crippen molar-refractivity contribution in [2.24, 2.45) is 5.73 Å². The molecule has 2 N–H and O–H groups in total. The summed E-state index contributed by atoms with van der Waals surface area (Å²) in [5.41, 5.74) is 5.99. The summed E-state index contributed by atoms with van der Waals surface area (Å²) in [6.07, 6.45) is 2.47. The lowest BCUT2D eigenvalue weighted by atomic mass is 10.1. The Morgan fingerprint density at radius 2 is 2.05 bits per heavy atom. The molecule has 0 aliphatic heterocycles. The van der Waals surface area contributed by atoms with Gasteiger partial charge in [-0.25, -0.2) is 0 Å². The second-order valence-corrected chi connectivity index (χ2v) is 4.15. The number of benzene rings is 1. The SMILES string of the molecule is COc1cc(OC)c2ccnc(CCC(N)=O)c2c1. The number of hydrogen-bond donors (Lipinski definition) is 1. The number of nitrogens with two attached hydrogens (primary N) is 1. The zero-order chi connectivity index (χ0) is 13.8. The fourth-order valence-electron chi connectivity index (χ4n) is 2.01. The number of amides is 1. The van der Waals surface area contributed by atoms with Gasteiger partial charge in [0.2, 0.25) is 5.91 Å². The summed E-state index contributed by atoms with van der Waals surface area (Å²) < 4.78 is 10.6. The lowest BCUT2D eigenvalue weighted by molar-refractivity contribution is -0.118. The summed E-state index contributed by atoms with van der Waals surface area (Å²) in [7, 11) is 3.21. The van der Waals surface area contributed by atoms with E-state index in [1.807, 2.05) is 18.2 Å². The van der Waals surface area contributed by atoms with Crippen LogP contribution in [0.2, 0.25) is 0 Å². The van der Waals surface area contributed by atoms with Crippen LogP contribution >= 0.6 is 0 Å². The van der Waals surface area contributed by atoms with Crippen LogP contribution < -0.4 is 15.2 Å². The van der Waals surface area contributed by atoms with Crippen LogP contribution in [0.25, 0.3) is 10.8 Å². The van der Waals surface area contributed by atoms with Crippen molar-refractivity contribution in [1.82, 2.24) is 4.98 Å². The second-order valence-electron chi connectivity index (χ2n) is 4.15. The van der Waals surface area contributed by atoms with E-state index in [0.717, 1.165) is 22.2 Å². The maximum absolute atomic E-state index is 10.9. The fourth-order valence-corrected chi connectivity index (χ4v) is 2.01. The first-order valence-electron chi connectivity index (χ1n) is 5.93. The number of hydrogen-bond acceptors (Lipinski definition) is 4. The van der Waals surface area contributed by atoms with E-state index in [2.05, 4.69) is 4.98 Å². The zero-order valence-corrected chi connectivity index (χ0v) is 11.0. The van der Waals surface area contributed by atoms with E-state index < -0.39 is 0 Å². The summed E-state index contributed by atoms with van der Waals surface area (Å²) in [4.78, 5) is 15.2. The normalized spacial score (nSPS) is 10.4. The van der Waals surface area contributed by atoms with Gasteiger partial charge < -0.3 is 15.2 Å². The summed E-state index contributed by atoms with van der Waals surface area (Å²) in [5.74, 6) is 1.07. The number of pyridine rings is 1. The quantitative estimate of drug-likeness (QED) is 0.887. The number of nitrogens with zero attached hydrogens (tertiary/aromatic N) is 1. The molecule has 0 aliphatic carbocycles. The van der Waals surface area contributed by atoms with Gasteiger partial charge in [-0.2, -0.15) is 0 Å². The number of carbonyl (C=O) groups excluding carboxylic acids is 1. The molecule has 100 valence electrons. The Bertz CT molecular complexity index is 611. The fraction of sp³-hybridized carbons (Fsp3) is 0.286. The van der Waals surface area contributed by atoms with Gasteiger partial charge in [-0.3, -0.25) is 9.78 Å². The second kappa shape index (κ2) is 5.56. The van der Waals surface area contributed by atoms with Crippen LogP contribution in [0.1, 0.15) is 12.1 Å². The molecule has 0 saturated carbocycles. The lowest BCUT2D eigenvalue weighted by Crippen LogP contribution is -2.11. The van der Waals surface area contributed by atoms with Gasteiger partial charge in [0.05, 0.1) is 14.2 Å².